The first kappa shape index (κ1) is 19.9. The molecular formula is C20H32O3. The molecule has 1 aromatic carbocycles. The summed E-state index contributed by atoms with van der Waals surface area (Å²) in [6.07, 6.45) is 7.05. The second-order valence-corrected chi connectivity index (χ2v) is 6.37. The van der Waals surface area contributed by atoms with Gasteiger partial charge in [-0.05, 0) is 24.8 Å². The van der Waals surface area contributed by atoms with E-state index in [0.29, 0.717) is 19.3 Å². The molecule has 1 aromatic rings. The van der Waals surface area contributed by atoms with Crippen LogP contribution in [0.25, 0.3) is 0 Å². The van der Waals surface area contributed by atoms with E-state index >= 15 is 0 Å². The molecule has 3 nitrogen and oxygen atoms in total. The van der Waals surface area contributed by atoms with Crippen LogP contribution in [-0.4, -0.2) is 28.2 Å². The molecule has 0 bridgehead atoms. The average Bonchev–Trinajstić information content (AvgIpc) is 2.58. The van der Waals surface area contributed by atoms with Gasteiger partial charge in [0.1, 0.15) is 6.10 Å². The van der Waals surface area contributed by atoms with Gasteiger partial charge in [0.2, 0.25) is 0 Å². The van der Waals surface area contributed by atoms with Crippen LogP contribution in [0, 0.1) is 0 Å². The van der Waals surface area contributed by atoms with Crippen LogP contribution < -0.4 is 0 Å². The summed E-state index contributed by atoms with van der Waals surface area (Å²) in [6, 6.07) is 10.0. The van der Waals surface area contributed by atoms with E-state index in [1.165, 1.54) is 31.2 Å². The standard InChI is InChI=1S/C20H32O3/c1-2-3-4-5-6-10-15-18(21)20(23)19(22)16-11-14-17-12-8-7-9-13-17/h7-9,12-13,18,20-21,23H,2-6,10-11,14-16H2,1H3/t18-,20+/m1/s1. The molecule has 3 heteroatoms. The summed E-state index contributed by atoms with van der Waals surface area (Å²) in [5.74, 6) is -0.237. The number of hydrogen-bond donors (Lipinski definition) is 2. The highest BCUT2D eigenvalue weighted by molar-refractivity contribution is 5.83. The van der Waals surface area contributed by atoms with Crippen molar-refractivity contribution in [2.24, 2.45) is 0 Å². The molecule has 0 unspecified atom stereocenters. The Kier molecular flexibility index (Phi) is 10.6. The summed E-state index contributed by atoms with van der Waals surface area (Å²) in [6.45, 7) is 2.18. The maximum Gasteiger partial charge on any atom is 0.163 e. The Hall–Kier alpha value is -1.19. The molecule has 0 fully saturated rings. The first-order valence-electron chi connectivity index (χ1n) is 9.08. The largest absolute Gasteiger partial charge is 0.390 e. The van der Waals surface area contributed by atoms with E-state index in [9.17, 15) is 15.0 Å². The fourth-order valence-corrected chi connectivity index (χ4v) is 2.77. The Balaban J connectivity index is 2.14. The topological polar surface area (TPSA) is 57.5 Å². The lowest BCUT2D eigenvalue weighted by Crippen LogP contribution is -2.33. The fourth-order valence-electron chi connectivity index (χ4n) is 2.77. The zero-order valence-corrected chi connectivity index (χ0v) is 14.4. The van der Waals surface area contributed by atoms with Crippen molar-refractivity contribution in [2.45, 2.75) is 83.3 Å². The molecule has 130 valence electrons. The van der Waals surface area contributed by atoms with Crippen molar-refractivity contribution >= 4 is 5.78 Å². The molecule has 0 aliphatic carbocycles. The number of carbonyl (C=O) groups is 1. The SMILES string of the molecule is CCCCCCCC[C@@H](O)[C@H](O)C(=O)CCCc1ccccc1. The highest BCUT2D eigenvalue weighted by atomic mass is 16.3. The fraction of sp³-hybridized carbons (Fsp3) is 0.650. The van der Waals surface area contributed by atoms with Crippen molar-refractivity contribution in [1.29, 1.82) is 0 Å². The first-order chi connectivity index (χ1) is 11.1. The van der Waals surface area contributed by atoms with Crippen molar-refractivity contribution < 1.29 is 15.0 Å². The lowest BCUT2D eigenvalue weighted by Gasteiger charge is -2.16. The Morgan fingerprint density at radius 1 is 0.957 bits per heavy atom. The Labute approximate surface area is 140 Å². The Morgan fingerprint density at radius 3 is 2.30 bits per heavy atom. The first-order valence-corrected chi connectivity index (χ1v) is 9.08. The monoisotopic (exact) mass is 320 g/mol. The van der Waals surface area contributed by atoms with E-state index in [1.807, 2.05) is 30.3 Å². The summed E-state index contributed by atoms with van der Waals surface area (Å²) in [7, 11) is 0. The van der Waals surface area contributed by atoms with Gasteiger partial charge in [0.25, 0.3) is 0 Å². The molecule has 2 N–H and O–H groups in total. The van der Waals surface area contributed by atoms with E-state index in [2.05, 4.69) is 6.92 Å². The number of aliphatic hydroxyl groups is 2. The Bertz CT molecular complexity index is 416. The summed E-state index contributed by atoms with van der Waals surface area (Å²) in [5.41, 5.74) is 1.20. The van der Waals surface area contributed by atoms with Gasteiger partial charge < -0.3 is 10.2 Å². The quantitative estimate of drug-likeness (QED) is 0.539. The summed E-state index contributed by atoms with van der Waals surface area (Å²) < 4.78 is 0. The van der Waals surface area contributed by atoms with Crippen LogP contribution in [0.4, 0.5) is 0 Å². The van der Waals surface area contributed by atoms with Crippen LogP contribution in [-0.2, 0) is 11.2 Å². The highest BCUT2D eigenvalue weighted by Gasteiger charge is 2.22. The van der Waals surface area contributed by atoms with Crippen LogP contribution in [0.2, 0.25) is 0 Å². The molecule has 0 heterocycles. The average molecular weight is 320 g/mol. The molecule has 23 heavy (non-hydrogen) atoms. The number of rotatable bonds is 13. The number of carbonyl (C=O) groups excluding carboxylic acids is 1. The summed E-state index contributed by atoms with van der Waals surface area (Å²) in [5, 5.41) is 19.9. The van der Waals surface area contributed by atoms with E-state index in [4.69, 9.17) is 0 Å². The van der Waals surface area contributed by atoms with Crippen molar-refractivity contribution in [3.05, 3.63) is 35.9 Å². The van der Waals surface area contributed by atoms with Gasteiger partial charge in [-0.2, -0.15) is 0 Å². The van der Waals surface area contributed by atoms with Crippen molar-refractivity contribution in [2.75, 3.05) is 0 Å². The number of aliphatic hydroxyl groups excluding tert-OH is 2. The normalized spacial score (nSPS) is 13.7. The van der Waals surface area contributed by atoms with E-state index in [-0.39, 0.29) is 5.78 Å². The molecule has 0 saturated heterocycles. The smallest absolute Gasteiger partial charge is 0.163 e. The van der Waals surface area contributed by atoms with E-state index < -0.39 is 12.2 Å². The zero-order valence-electron chi connectivity index (χ0n) is 14.4. The van der Waals surface area contributed by atoms with E-state index in [0.717, 1.165) is 19.3 Å². The van der Waals surface area contributed by atoms with Gasteiger partial charge in [-0.1, -0.05) is 75.8 Å². The number of hydrogen-bond acceptors (Lipinski definition) is 3. The molecule has 0 radical (unpaired) electrons. The van der Waals surface area contributed by atoms with Crippen LogP contribution in [0.15, 0.2) is 30.3 Å². The van der Waals surface area contributed by atoms with Gasteiger partial charge in [-0.3, -0.25) is 4.79 Å². The lowest BCUT2D eigenvalue weighted by molar-refractivity contribution is -0.133. The molecule has 1 rings (SSSR count). The number of aryl methyl sites for hydroxylation is 1. The number of ketones is 1. The predicted molar refractivity (Wildman–Crippen MR) is 94.4 cm³/mol. The van der Waals surface area contributed by atoms with Gasteiger partial charge in [0, 0.05) is 6.42 Å². The summed E-state index contributed by atoms with van der Waals surface area (Å²) >= 11 is 0. The molecule has 0 aliphatic heterocycles. The molecule has 2 atom stereocenters. The van der Waals surface area contributed by atoms with Crippen LogP contribution in [0.3, 0.4) is 0 Å². The predicted octanol–water partition coefficient (Wildman–Crippen LogP) is 4.05. The zero-order chi connectivity index (χ0) is 16.9. The van der Waals surface area contributed by atoms with Gasteiger partial charge in [-0.25, -0.2) is 0 Å². The molecular weight excluding hydrogens is 288 g/mol. The molecule has 0 spiro atoms. The second-order valence-electron chi connectivity index (χ2n) is 6.37. The Morgan fingerprint density at radius 2 is 1.61 bits per heavy atom. The van der Waals surface area contributed by atoms with Gasteiger partial charge in [-0.15, -0.1) is 0 Å². The maximum absolute atomic E-state index is 11.9. The molecule has 0 aliphatic rings. The van der Waals surface area contributed by atoms with Crippen LogP contribution in [0.1, 0.15) is 70.3 Å². The van der Waals surface area contributed by atoms with E-state index in [1.54, 1.807) is 0 Å². The molecule has 0 aromatic heterocycles. The van der Waals surface area contributed by atoms with Gasteiger partial charge in [0.15, 0.2) is 5.78 Å². The lowest BCUT2D eigenvalue weighted by atomic mass is 9.98. The van der Waals surface area contributed by atoms with Gasteiger partial charge >= 0.3 is 0 Å². The highest BCUT2D eigenvalue weighted by Crippen LogP contribution is 2.13. The molecule has 0 amide bonds. The minimum Gasteiger partial charge on any atom is -0.390 e. The number of unbranched alkanes of at least 4 members (excludes halogenated alkanes) is 5. The number of Topliss-reactive ketones (excluding diaryl/α,β-unsaturated/α-hetero) is 1. The van der Waals surface area contributed by atoms with Crippen molar-refractivity contribution in [3.63, 3.8) is 0 Å². The third-order valence-corrected chi connectivity index (χ3v) is 4.28. The van der Waals surface area contributed by atoms with Crippen molar-refractivity contribution in [3.8, 4) is 0 Å². The number of benzene rings is 1. The van der Waals surface area contributed by atoms with Crippen LogP contribution in [0.5, 0.6) is 0 Å². The van der Waals surface area contributed by atoms with Crippen LogP contribution >= 0.6 is 0 Å². The maximum atomic E-state index is 11.9. The second kappa shape index (κ2) is 12.3. The summed E-state index contributed by atoms with van der Waals surface area (Å²) in [4.78, 5) is 11.9. The minimum atomic E-state index is -1.22. The third-order valence-electron chi connectivity index (χ3n) is 4.28. The van der Waals surface area contributed by atoms with Gasteiger partial charge in [0.05, 0.1) is 6.10 Å². The molecule has 0 saturated carbocycles. The van der Waals surface area contributed by atoms with Crippen molar-refractivity contribution in [1.82, 2.24) is 0 Å². The third kappa shape index (κ3) is 8.87. The minimum absolute atomic E-state index is 0.237.